The predicted molar refractivity (Wildman–Crippen MR) is 78.0 cm³/mol. The molecule has 1 aliphatic carbocycles. The fraction of sp³-hybridized carbons (Fsp3) is 0.500. The Labute approximate surface area is 124 Å². The van der Waals surface area contributed by atoms with Crippen LogP contribution in [0.5, 0.6) is 0 Å². The van der Waals surface area contributed by atoms with Crippen molar-refractivity contribution in [1.82, 2.24) is 14.1 Å². The summed E-state index contributed by atoms with van der Waals surface area (Å²) < 4.78 is 32.6. The summed E-state index contributed by atoms with van der Waals surface area (Å²) in [4.78, 5) is 0. The molecule has 1 aliphatic rings. The van der Waals surface area contributed by atoms with Crippen molar-refractivity contribution in [3.63, 3.8) is 0 Å². The molecule has 0 fully saturated rings. The summed E-state index contributed by atoms with van der Waals surface area (Å²) in [7, 11) is -1.40. The van der Waals surface area contributed by atoms with Crippen LogP contribution < -0.4 is 0 Å². The number of rotatable bonds is 5. The van der Waals surface area contributed by atoms with Crippen molar-refractivity contribution in [3.8, 4) is 0 Å². The first-order valence-corrected chi connectivity index (χ1v) is 8.81. The van der Waals surface area contributed by atoms with Gasteiger partial charge in [-0.1, -0.05) is 0 Å². The largest absolute Gasteiger partial charge is 0.468 e. The SMILES string of the molecule is Cn1nc(CN(Cc2ccco2)S(C)(=O)=O)c2c1CCC2. The van der Waals surface area contributed by atoms with Gasteiger partial charge in [0.15, 0.2) is 0 Å². The van der Waals surface area contributed by atoms with E-state index in [1.165, 1.54) is 21.8 Å². The minimum Gasteiger partial charge on any atom is -0.468 e. The zero-order valence-corrected chi connectivity index (χ0v) is 13.1. The van der Waals surface area contributed by atoms with Gasteiger partial charge in [-0.25, -0.2) is 8.42 Å². The first kappa shape index (κ1) is 14.3. The second-order valence-electron chi connectivity index (χ2n) is 5.46. The average molecular weight is 309 g/mol. The Morgan fingerprint density at radius 3 is 2.86 bits per heavy atom. The first-order chi connectivity index (χ1) is 9.95. The summed E-state index contributed by atoms with van der Waals surface area (Å²) in [5.74, 6) is 0.632. The van der Waals surface area contributed by atoms with E-state index in [1.54, 1.807) is 18.4 Å². The molecule has 0 spiro atoms. The molecule has 0 aliphatic heterocycles. The van der Waals surface area contributed by atoms with Gasteiger partial charge in [-0.2, -0.15) is 9.40 Å². The maximum absolute atomic E-state index is 12.0. The standard InChI is InChI=1S/C14H19N3O3S/c1-16-14-7-3-6-12(14)13(15-16)10-17(21(2,18)19)9-11-5-4-8-20-11/h4-5,8H,3,6-7,9-10H2,1-2H3. The van der Waals surface area contributed by atoms with E-state index in [0.717, 1.165) is 25.0 Å². The average Bonchev–Trinajstić information content (AvgIpc) is 3.09. The molecule has 6 nitrogen and oxygen atoms in total. The molecule has 7 heteroatoms. The van der Waals surface area contributed by atoms with Gasteiger partial charge in [0.05, 0.1) is 31.3 Å². The molecule has 0 saturated heterocycles. The quantitative estimate of drug-likeness (QED) is 0.838. The molecule has 114 valence electrons. The number of fused-ring (bicyclic) bond motifs is 1. The summed E-state index contributed by atoms with van der Waals surface area (Å²) in [5, 5.41) is 4.49. The van der Waals surface area contributed by atoms with E-state index in [-0.39, 0.29) is 6.54 Å². The van der Waals surface area contributed by atoms with E-state index in [4.69, 9.17) is 4.42 Å². The van der Waals surface area contributed by atoms with Gasteiger partial charge in [0.25, 0.3) is 0 Å². The van der Waals surface area contributed by atoms with Gasteiger partial charge in [0.1, 0.15) is 5.76 Å². The highest BCUT2D eigenvalue weighted by Crippen LogP contribution is 2.26. The fourth-order valence-corrected chi connectivity index (χ4v) is 3.58. The Kier molecular flexibility index (Phi) is 3.62. The van der Waals surface area contributed by atoms with Gasteiger partial charge in [0.2, 0.25) is 10.0 Å². The van der Waals surface area contributed by atoms with E-state index in [9.17, 15) is 8.42 Å². The summed E-state index contributed by atoms with van der Waals surface area (Å²) in [5.41, 5.74) is 3.31. The number of hydrogen-bond acceptors (Lipinski definition) is 4. The smallest absolute Gasteiger partial charge is 0.211 e. The minimum absolute atomic E-state index is 0.233. The predicted octanol–water partition coefficient (Wildman–Crippen LogP) is 1.46. The van der Waals surface area contributed by atoms with Gasteiger partial charge in [0, 0.05) is 12.7 Å². The van der Waals surface area contributed by atoms with E-state index in [2.05, 4.69) is 5.10 Å². The summed E-state index contributed by atoms with van der Waals surface area (Å²) in [6, 6.07) is 3.54. The Bertz CT molecular complexity index is 732. The molecule has 2 heterocycles. The van der Waals surface area contributed by atoms with Crippen LogP contribution in [0.4, 0.5) is 0 Å². The van der Waals surface area contributed by atoms with Crippen LogP contribution in [0.15, 0.2) is 22.8 Å². The van der Waals surface area contributed by atoms with Crippen molar-refractivity contribution in [3.05, 3.63) is 41.1 Å². The summed E-state index contributed by atoms with van der Waals surface area (Å²) >= 11 is 0. The van der Waals surface area contributed by atoms with E-state index >= 15 is 0 Å². The monoisotopic (exact) mass is 309 g/mol. The van der Waals surface area contributed by atoms with Crippen LogP contribution in [0.2, 0.25) is 0 Å². The lowest BCUT2D eigenvalue weighted by Crippen LogP contribution is -2.29. The topological polar surface area (TPSA) is 68.3 Å². The molecule has 0 atom stereocenters. The maximum atomic E-state index is 12.0. The lowest BCUT2D eigenvalue weighted by atomic mass is 10.2. The van der Waals surface area contributed by atoms with E-state index < -0.39 is 10.0 Å². The molecular formula is C14H19N3O3S. The molecule has 21 heavy (non-hydrogen) atoms. The number of nitrogens with zero attached hydrogens (tertiary/aromatic N) is 3. The molecule has 0 N–H and O–H groups in total. The Hall–Kier alpha value is -1.60. The third kappa shape index (κ3) is 2.89. The van der Waals surface area contributed by atoms with Crippen LogP contribution in [0.25, 0.3) is 0 Å². The summed E-state index contributed by atoms with van der Waals surface area (Å²) in [6.45, 7) is 0.528. The molecule has 0 saturated carbocycles. The first-order valence-electron chi connectivity index (χ1n) is 6.96. The van der Waals surface area contributed by atoms with Crippen LogP contribution in [0, 0.1) is 0 Å². The second-order valence-corrected chi connectivity index (χ2v) is 7.44. The van der Waals surface area contributed by atoms with Crippen molar-refractivity contribution in [1.29, 1.82) is 0 Å². The molecule has 3 rings (SSSR count). The summed E-state index contributed by atoms with van der Waals surface area (Å²) in [6.07, 6.45) is 5.89. The van der Waals surface area contributed by atoms with Gasteiger partial charge in [-0.05, 0) is 37.0 Å². The van der Waals surface area contributed by atoms with Crippen LogP contribution in [-0.4, -0.2) is 28.8 Å². The van der Waals surface area contributed by atoms with E-state index in [0.29, 0.717) is 12.3 Å². The lowest BCUT2D eigenvalue weighted by molar-refractivity contribution is 0.356. The Balaban J connectivity index is 1.87. The van der Waals surface area contributed by atoms with Crippen molar-refractivity contribution in [2.45, 2.75) is 32.4 Å². The Morgan fingerprint density at radius 1 is 1.38 bits per heavy atom. The van der Waals surface area contributed by atoms with Crippen molar-refractivity contribution < 1.29 is 12.8 Å². The van der Waals surface area contributed by atoms with Crippen LogP contribution in [0.1, 0.15) is 29.1 Å². The molecular weight excluding hydrogens is 290 g/mol. The number of furan rings is 1. The molecule has 0 amide bonds. The van der Waals surface area contributed by atoms with Crippen molar-refractivity contribution >= 4 is 10.0 Å². The number of aromatic nitrogens is 2. The highest BCUT2D eigenvalue weighted by molar-refractivity contribution is 7.88. The lowest BCUT2D eigenvalue weighted by Gasteiger charge is -2.18. The van der Waals surface area contributed by atoms with Crippen LogP contribution in [0.3, 0.4) is 0 Å². The third-order valence-corrected chi connectivity index (χ3v) is 5.10. The molecule has 2 aromatic heterocycles. The number of sulfonamides is 1. The molecule has 2 aromatic rings. The maximum Gasteiger partial charge on any atom is 0.211 e. The van der Waals surface area contributed by atoms with Gasteiger partial charge >= 0.3 is 0 Å². The molecule has 0 radical (unpaired) electrons. The van der Waals surface area contributed by atoms with Crippen LogP contribution in [-0.2, 0) is 43.0 Å². The highest BCUT2D eigenvalue weighted by atomic mass is 32.2. The number of aryl methyl sites for hydroxylation is 1. The zero-order valence-electron chi connectivity index (χ0n) is 12.2. The zero-order chi connectivity index (χ0) is 15.0. The Morgan fingerprint density at radius 2 is 2.19 bits per heavy atom. The van der Waals surface area contributed by atoms with E-state index in [1.807, 2.05) is 11.7 Å². The third-order valence-electron chi connectivity index (χ3n) is 3.91. The molecule has 0 aromatic carbocycles. The van der Waals surface area contributed by atoms with Crippen molar-refractivity contribution in [2.24, 2.45) is 7.05 Å². The normalized spacial score (nSPS) is 14.8. The van der Waals surface area contributed by atoms with Gasteiger partial charge in [-0.3, -0.25) is 4.68 Å². The molecule has 0 bridgehead atoms. The van der Waals surface area contributed by atoms with Crippen molar-refractivity contribution in [2.75, 3.05) is 6.26 Å². The number of hydrogen-bond donors (Lipinski definition) is 0. The minimum atomic E-state index is -3.32. The van der Waals surface area contributed by atoms with Crippen LogP contribution >= 0.6 is 0 Å². The second kappa shape index (κ2) is 5.31. The molecule has 0 unspecified atom stereocenters. The highest BCUT2D eigenvalue weighted by Gasteiger charge is 2.26. The van der Waals surface area contributed by atoms with Gasteiger partial charge < -0.3 is 4.42 Å². The fourth-order valence-electron chi connectivity index (χ4n) is 2.86. The van der Waals surface area contributed by atoms with Gasteiger partial charge in [-0.15, -0.1) is 0 Å².